The third-order valence-electron chi connectivity index (χ3n) is 6.24. The first-order chi connectivity index (χ1) is 13.5. The number of carbonyl (C=O) groups is 1. The number of nitrogens with one attached hydrogen (secondary N) is 1. The fraction of sp³-hybridized carbons (Fsp3) is 0.565. The van der Waals surface area contributed by atoms with E-state index in [1.165, 1.54) is 43.6 Å². The number of aryl methyl sites for hydroxylation is 2. The van der Waals surface area contributed by atoms with E-state index in [-0.39, 0.29) is 11.3 Å². The summed E-state index contributed by atoms with van der Waals surface area (Å²) in [7, 11) is 0. The number of hydrogen-bond donors (Lipinski definition) is 1. The first kappa shape index (κ1) is 19.2. The maximum Gasteiger partial charge on any atom is 0.251 e. The van der Waals surface area contributed by atoms with Crippen LogP contribution >= 0.6 is 0 Å². The van der Waals surface area contributed by atoms with Gasteiger partial charge in [-0.25, -0.2) is 0 Å². The van der Waals surface area contributed by atoms with Crippen molar-refractivity contribution in [3.05, 3.63) is 52.8 Å². The first-order valence-electron chi connectivity index (χ1n) is 10.6. The highest BCUT2D eigenvalue weighted by atomic mass is 16.1. The van der Waals surface area contributed by atoms with Gasteiger partial charge in [0.1, 0.15) is 0 Å². The maximum atomic E-state index is 12.6. The van der Waals surface area contributed by atoms with E-state index in [9.17, 15) is 4.79 Å². The molecule has 0 atom stereocenters. The Labute approximate surface area is 168 Å². The zero-order valence-corrected chi connectivity index (χ0v) is 17.2. The average molecular weight is 381 g/mol. The lowest BCUT2D eigenvalue weighted by Crippen LogP contribution is -2.32. The molecule has 0 unspecified atom stereocenters. The molecule has 1 amide bonds. The number of likely N-dealkylation sites (tertiary alicyclic amines) is 1. The highest BCUT2D eigenvalue weighted by Gasteiger charge is 2.43. The molecule has 0 bridgehead atoms. The molecule has 2 aliphatic rings. The number of piperidine rings is 1. The molecule has 5 heteroatoms. The summed E-state index contributed by atoms with van der Waals surface area (Å²) >= 11 is 0. The smallest absolute Gasteiger partial charge is 0.251 e. The van der Waals surface area contributed by atoms with Gasteiger partial charge in [0.05, 0.1) is 5.69 Å². The minimum atomic E-state index is 0.0316. The lowest BCUT2D eigenvalue weighted by atomic mass is 10.1. The van der Waals surface area contributed by atoms with E-state index in [1.54, 1.807) is 0 Å². The molecule has 2 fully saturated rings. The third-order valence-corrected chi connectivity index (χ3v) is 6.24. The predicted octanol–water partition coefficient (Wildman–Crippen LogP) is 3.70. The molecule has 2 heterocycles. The van der Waals surface area contributed by atoms with E-state index in [0.717, 1.165) is 43.7 Å². The van der Waals surface area contributed by atoms with E-state index in [1.807, 2.05) is 19.1 Å². The van der Waals surface area contributed by atoms with Crippen molar-refractivity contribution in [2.45, 2.75) is 59.0 Å². The van der Waals surface area contributed by atoms with Gasteiger partial charge in [-0.3, -0.25) is 14.4 Å². The van der Waals surface area contributed by atoms with Gasteiger partial charge in [-0.15, -0.1) is 0 Å². The van der Waals surface area contributed by atoms with E-state index in [4.69, 9.17) is 0 Å². The summed E-state index contributed by atoms with van der Waals surface area (Å²) in [6, 6.07) is 10.3. The summed E-state index contributed by atoms with van der Waals surface area (Å²) in [6.45, 7) is 9.12. The van der Waals surface area contributed by atoms with Crippen molar-refractivity contribution >= 4 is 5.91 Å². The van der Waals surface area contributed by atoms with Crippen molar-refractivity contribution in [1.82, 2.24) is 20.0 Å². The molecule has 1 N–H and O–H groups in total. The molecule has 2 aromatic rings. The van der Waals surface area contributed by atoms with E-state index >= 15 is 0 Å². The van der Waals surface area contributed by atoms with Crippen LogP contribution in [0.3, 0.4) is 0 Å². The van der Waals surface area contributed by atoms with Crippen LogP contribution in [-0.2, 0) is 13.1 Å². The Kier molecular flexibility index (Phi) is 5.54. The van der Waals surface area contributed by atoms with Gasteiger partial charge in [0.25, 0.3) is 5.91 Å². The second-order valence-corrected chi connectivity index (χ2v) is 8.80. The van der Waals surface area contributed by atoms with E-state index in [2.05, 4.69) is 45.1 Å². The monoisotopic (exact) mass is 380 g/mol. The summed E-state index contributed by atoms with van der Waals surface area (Å²) < 4.78 is 2.09. The summed E-state index contributed by atoms with van der Waals surface area (Å²) in [6.07, 6.45) is 6.28. The number of aromatic nitrogens is 2. The number of amides is 1. The summed E-state index contributed by atoms with van der Waals surface area (Å²) in [5, 5.41) is 7.74. The molecule has 1 saturated heterocycles. The van der Waals surface area contributed by atoms with Crippen LogP contribution in [0.25, 0.3) is 0 Å². The topological polar surface area (TPSA) is 50.2 Å². The largest absolute Gasteiger partial charge is 0.351 e. The molecule has 150 valence electrons. The van der Waals surface area contributed by atoms with Gasteiger partial charge in [-0.2, -0.15) is 5.10 Å². The third kappa shape index (κ3) is 4.64. The lowest BCUT2D eigenvalue weighted by molar-refractivity contribution is 0.0942. The number of carbonyl (C=O) groups excluding carboxylic acids is 1. The zero-order chi connectivity index (χ0) is 19.6. The molecule has 28 heavy (non-hydrogen) atoms. The average Bonchev–Trinajstić information content (AvgIpc) is 3.39. The van der Waals surface area contributed by atoms with Crippen LogP contribution in [0.5, 0.6) is 0 Å². The van der Waals surface area contributed by atoms with Crippen LogP contribution in [0.2, 0.25) is 0 Å². The molecule has 1 aromatic carbocycles. The molecular weight excluding hydrogens is 348 g/mol. The highest BCUT2D eigenvalue weighted by molar-refractivity contribution is 5.94. The number of hydrogen-bond acceptors (Lipinski definition) is 3. The molecule has 5 nitrogen and oxygen atoms in total. The molecule has 1 aromatic heterocycles. The lowest BCUT2D eigenvalue weighted by Gasteiger charge is -2.26. The Morgan fingerprint density at radius 3 is 2.43 bits per heavy atom. The van der Waals surface area contributed by atoms with E-state index < -0.39 is 0 Å². The molecule has 0 radical (unpaired) electrons. The predicted molar refractivity (Wildman–Crippen MR) is 111 cm³/mol. The van der Waals surface area contributed by atoms with Gasteiger partial charge in [0.15, 0.2) is 0 Å². The van der Waals surface area contributed by atoms with Crippen LogP contribution in [-0.4, -0.2) is 40.2 Å². The maximum absolute atomic E-state index is 12.6. The second-order valence-electron chi connectivity index (χ2n) is 8.80. The zero-order valence-electron chi connectivity index (χ0n) is 17.2. The summed E-state index contributed by atoms with van der Waals surface area (Å²) in [4.78, 5) is 15.1. The second kappa shape index (κ2) is 8.08. The Morgan fingerprint density at radius 1 is 1.11 bits per heavy atom. The van der Waals surface area contributed by atoms with Gasteiger partial charge in [-0.05, 0) is 76.4 Å². The van der Waals surface area contributed by atoms with Crippen LogP contribution in [0.15, 0.2) is 30.3 Å². The normalized spacial score (nSPS) is 18.8. The number of nitrogens with zero attached hydrogens (tertiary/aromatic N) is 3. The van der Waals surface area contributed by atoms with Crippen molar-refractivity contribution in [3.8, 4) is 0 Å². The molecule has 1 saturated carbocycles. The number of rotatable bonds is 7. The fourth-order valence-corrected chi connectivity index (χ4v) is 4.23. The minimum absolute atomic E-state index is 0.0316. The van der Waals surface area contributed by atoms with Crippen molar-refractivity contribution in [2.75, 3.05) is 19.6 Å². The first-order valence-corrected chi connectivity index (χ1v) is 10.6. The van der Waals surface area contributed by atoms with Gasteiger partial charge in [-0.1, -0.05) is 18.6 Å². The van der Waals surface area contributed by atoms with Crippen LogP contribution in [0, 0.1) is 19.3 Å². The fourth-order valence-electron chi connectivity index (χ4n) is 4.23. The van der Waals surface area contributed by atoms with Crippen LogP contribution in [0.1, 0.15) is 59.4 Å². The van der Waals surface area contributed by atoms with Crippen molar-refractivity contribution in [3.63, 3.8) is 0 Å². The van der Waals surface area contributed by atoms with Crippen molar-refractivity contribution in [1.29, 1.82) is 0 Å². The Bertz CT molecular complexity index is 814. The van der Waals surface area contributed by atoms with Crippen LogP contribution < -0.4 is 5.32 Å². The van der Waals surface area contributed by atoms with Gasteiger partial charge < -0.3 is 5.32 Å². The number of benzene rings is 1. The van der Waals surface area contributed by atoms with Gasteiger partial charge in [0.2, 0.25) is 0 Å². The van der Waals surface area contributed by atoms with E-state index in [0.29, 0.717) is 0 Å². The quantitative estimate of drug-likeness (QED) is 0.797. The highest BCUT2D eigenvalue weighted by Crippen LogP contribution is 2.46. The van der Waals surface area contributed by atoms with Gasteiger partial charge in [0, 0.05) is 36.3 Å². The minimum Gasteiger partial charge on any atom is -0.351 e. The Balaban J connectivity index is 1.29. The molecule has 0 spiro atoms. The molecule has 1 aliphatic heterocycles. The van der Waals surface area contributed by atoms with Gasteiger partial charge >= 0.3 is 0 Å². The Hall–Kier alpha value is -2.14. The Morgan fingerprint density at radius 2 is 1.82 bits per heavy atom. The van der Waals surface area contributed by atoms with Crippen molar-refractivity contribution in [2.24, 2.45) is 5.41 Å². The standard InChI is InChI=1S/C23H32N4O/c1-18-14-19(2)27(25-18)17-23(10-11-23)16-24-22(28)21-8-6-20(7-9-21)15-26-12-4-3-5-13-26/h6-9,14H,3-5,10-13,15-17H2,1-2H3,(H,24,28). The summed E-state index contributed by atoms with van der Waals surface area (Å²) in [5.74, 6) is 0.0316. The molecular formula is C23H32N4O. The molecule has 1 aliphatic carbocycles. The van der Waals surface area contributed by atoms with Crippen molar-refractivity contribution < 1.29 is 4.79 Å². The van der Waals surface area contributed by atoms with Crippen LogP contribution in [0.4, 0.5) is 0 Å². The summed E-state index contributed by atoms with van der Waals surface area (Å²) in [5.41, 5.74) is 4.47. The molecule has 4 rings (SSSR count). The SMILES string of the molecule is Cc1cc(C)n(CC2(CNC(=O)c3ccc(CN4CCCCC4)cc3)CC2)n1.